The molecule has 0 saturated carbocycles. The molecule has 6 heteroatoms. The molecule has 1 heterocycles. The van der Waals surface area contributed by atoms with Crippen molar-refractivity contribution >= 4 is 11.6 Å². The Bertz CT molecular complexity index is 821. The SMILES string of the molecule is CC1(C(=O)NCCCc2ccc(F)cc2)CC(c2ccccc2F)=NO1. The summed E-state index contributed by atoms with van der Waals surface area (Å²) >= 11 is 0. The fourth-order valence-electron chi connectivity index (χ4n) is 2.83. The lowest BCUT2D eigenvalue weighted by Crippen LogP contribution is -2.45. The fourth-order valence-corrected chi connectivity index (χ4v) is 2.83. The highest BCUT2D eigenvalue weighted by Crippen LogP contribution is 2.27. The average Bonchev–Trinajstić information content (AvgIpc) is 3.04. The number of aryl methyl sites for hydroxylation is 1. The maximum atomic E-state index is 13.9. The zero-order chi connectivity index (χ0) is 18.6. The van der Waals surface area contributed by atoms with Gasteiger partial charge in [-0.15, -0.1) is 0 Å². The number of rotatable bonds is 6. The lowest BCUT2D eigenvalue weighted by atomic mass is 9.95. The van der Waals surface area contributed by atoms with Crippen molar-refractivity contribution in [2.75, 3.05) is 6.54 Å². The largest absolute Gasteiger partial charge is 0.379 e. The van der Waals surface area contributed by atoms with Gasteiger partial charge in [-0.2, -0.15) is 0 Å². The van der Waals surface area contributed by atoms with Gasteiger partial charge in [0.2, 0.25) is 5.60 Å². The smallest absolute Gasteiger partial charge is 0.267 e. The highest BCUT2D eigenvalue weighted by Gasteiger charge is 2.42. The Morgan fingerprint density at radius 1 is 1.19 bits per heavy atom. The van der Waals surface area contributed by atoms with Crippen LogP contribution in [0.4, 0.5) is 8.78 Å². The molecule has 0 radical (unpaired) electrons. The molecule has 1 atom stereocenters. The first-order valence-electron chi connectivity index (χ1n) is 8.51. The summed E-state index contributed by atoms with van der Waals surface area (Å²) in [7, 11) is 0. The van der Waals surface area contributed by atoms with Crippen LogP contribution in [0.3, 0.4) is 0 Å². The number of carbonyl (C=O) groups is 1. The molecule has 136 valence electrons. The Balaban J connectivity index is 1.49. The van der Waals surface area contributed by atoms with Crippen LogP contribution in [0.5, 0.6) is 0 Å². The minimum Gasteiger partial charge on any atom is -0.379 e. The van der Waals surface area contributed by atoms with Gasteiger partial charge in [0.25, 0.3) is 5.91 Å². The number of carbonyl (C=O) groups excluding carboxylic acids is 1. The van der Waals surface area contributed by atoms with Gasteiger partial charge in [0, 0.05) is 18.5 Å². The number of hydrogen-bond acceptors (Lipinski definition) is 3. The molecule has 1 N–H and O–H groups in total. The molecule has 1 aliphatic heterocycles. The molecule has 1 amide bonds. The fraction of sp³-hybridized carbons (Fsp3) is 0.300. The molecule has 3 rings (SSSR count). The van der Waals surface area contributed by atoms with Crippen LogP contribution in [0.2, 0.25) is 0 Å². The predicted octanol–water partition coefficient (Wildman–Crippen LogP) is 3.60. The number of benzene rings is 2. The molecule has 1 unspecified atom stereocenters. The van der Waals surface area contributed by atoms with Crippen LogP contribution in [-0.2, 0) is 16.1 Å². The summed E-state index contributed by atoms with van der Waals surface area (Å²) in [4.78, 5) is 17.8. The molecule has 1 aliphatic rings. The minimum atomic E-state index is -1.15. The van der Waals surface area contributed by atoms with Crippen molar-refractivity contribution in [1.82, 2.24) is 5.32 Å². The van der Waals surface area contributed by atoms with E-state index in [1.807, 2.05) is 0 Å². The van der Waals surface area contributed by atoms with Gasteiger partial charge in [-0.05, 0) is 43.5 Å². The van der Waals surface area contributed by atoms with E-state index >= 15 is 0 Å². The first-order valence-corrected chi connectivity index (χ1v) is 8.51. The van der Waals surface area contributed by atoms with Crippen LogP contribution < -0.4 is 5.32 Å². The normalized spacial score (nSPS) is 19.0. The zero-order valence-corrected chi connectivity index (χ0v) is 14.5. The molecule has 0 bridgehead atoms. The van der Waals surface area contributed by atoms with Crippen LogP contribution in [0, 0.1) is 11.6 Å². The molecule has 0 aliphatic carbocycles. The first kappa shape index (κ1) is 18.0. The quantitative estimate of drug-likeness (QED) is 0.802. The third kappa shape index (κ3) is 4.07. The van der Waals surface area contributed by atoms with Crippen LogP contribution in [-0.4, -0.2) is 23.8 Å². The third-order valence-electron chi connectivity index (χ3n) is 4.37. The number of halogens is 2. The Hall–Kier alpha value is -2.76. The highest BCUT2D eigenvalue weighted by atomic mass is 19.1. The number of hydrogen-bond donors (Lipinski definition) is 1. The molecule has 0 aromatic heterocycles. The topological polar surface area (TPSA) is 50.7 Å². The summed E-state index contributed by atoms with van der Waals surface area (Å²) < 4.78 is 26.7. The predicted molar refractivity (Wildman–Crippen MR) is 94.8 cm³/mol. The summed E-state index contributed by atoms with van der Waals surface area (Å²) in [6, 6.07) is 12.6. The van der Waals surface area contributed by atoms with E-state index in [1.54, 1.807) is 37.3 Å². The number of amides is 1. The van der Waals surface area contributed by atoms with Gasteiger partial charge in [0.1, 0.15) is 11.6 Å². The summed E-state index contributed by atoms with van der Waals surface area (Å²) in [5.41, 5.74) is 0.634. The van der Waals surface area contributed by atoms with E-state index in [1.165, 1.54) is 18.2 Å². The van der Waals surface area contributed by atoms with E-state index < -0.39 is 5.60 Å². The van der Waals surface area contributed by atoms with E-state index in [-0.39, 0.29) is 24.0 Å². The van der Waals surface area contributed by atoms with Gasteiger partial charge in [-0.1, -0.05) is 35.5 Å². The van der Waals surface area contributed by atoms with Crippen molar-refractivity contribution in [3.63, 3.8) is 0 Å². The molecule has 0 saturated heterocycles. The molecular weight excluding hydrogens is 338 g/mol. The molecule has 4 nitrogen and oxygen atoms in total. The maximum Gasteiger partial charge on any atom is 0.267 e. The van der Waals surface area contributed by atoms with Gasteiger partial charge in [-0.25, -0.2) is 8.78 Å². The Morgan fingerprint density at radius 3 is 2.65 bits per heavy atom. The second-order valence-electron chi connectivity index (χ2n) is 6.50. The van der Waals surface area contributed by atoms with Crippen LogP contribution in [0.1, 0.15) is 30.9 Å². The maximum absolute atomic E-state index is 13.9. The van der Waals surface area contributed by atoms with Crippen molar-refractivity contribution in [3.8, 4) is 0 Å². The first-order chi connectivity index (χ1) is 12.5. The summed E-state index contributed by atoms with van der Waals surface area (Å²) in [6.07, 6.45) is 1.65. The van der Waals surface area contributed by atoms with E-state index in [9.17, 15) is 13.6 Å². The van der Waals surface area contributed by atoms with Gasteiger partial charge < -0.3 is 10.2 Å². The van der Waals surface area contributed by atoms with Crippen molar-refractivity contribution in [2.24, 2.45) is 5.16 Å². The summed E-state index contributed by atoms with van der Waals surface area (Å²) in [6.45, 7) is 2.10. The summed E-state index contributed by atoms with van der Waals surface area (Å²) in [5, 5.41) is 6.73. The van der Waals surface area contributed by atoms with E-state index in [2.05, 4.69) is 10.5 Å². The molecular formula is C20H20F2N2O2. The van der Waals surface area contributed by atoms with Gasteiger partial charge in [0.05, 0.1) is 5.71 Å². The minimum absolute atomic E-state index is 0.206. The zero-order valence-electron chi connectivity index (χ0n) is 14.5. The molecule has 0 fully saturated rings. The van der Waals surface area contributed by atoms with Gasteiger partial charge >= 0.3 is 0 Å². The van der Waals surface area contributed by atoms with Crippen molar-refractivity contribution in [1.29, 1.82) is 0 Å². The van der Waals surface area contributed by atoms with E-state index in [4.69, 9.17) is 4.84 Å². The Morgan fingerprint density at radius 2 is 1.92 bits per heavy atom. The number of oxime groups is 1. The summed E-state index contributed by atoms with van der Waals surface area (Å²) in [5.74, 6) is -0.940. The highest BCUT2D eigenvalue weighted by molar-refractivity contribution is 6.05. The Labute approximate surface area is 150 Å². The Kier molecular flexibility index (Phi) is 5.30. The standard InChI is InChI=1S/C20H20F2N2O2/c1-20(13-18(24-26-20)16-6-2-3-7-17(16)22)19(25)23-12-4-5-14-8-10-15(21)11-9-14/h2-3,6-11H,4-5,12-13H2,1H3,(H,23,25). The van der Waals surface area contributed by atoms with Crippen LogP contribution in [0.25, 0.3) is 0 Å². The van der Waals surface area contributed by atoms with Crippen LogP contribution in [0.15, 0.2) is 53.7 Å². The molecule has 0 spiro atoms. The number of nitrogens with zero attached hydrogens (tertiary/aromatic N) is 1. The van der Waals surface area contributed by atoms with Crippen LogP contribution >= 0.6 is 0 Å². The van der Waals surface area contributed by atoms with Crippen molar-refractivity contribution in [2.45, 2.75) is 31.8 Å². The van der Waals surface area contributed by atoms with Gasteiger partial charge in [-0.3, -0.25) is 4.79 Å². The van der Waals surface area contributed by atoms with Gasteiger partial charge in [0.15, 0.2) is 0 Å². The molecule has 26 heavy (non-hydrogen) atoms. The van der Waals surface area contributed by atoms with Crippen molar-refractivity contribution in [3.05, 3.63) is 71.3 Å². The van der Waals surface area contributed by atoms with E-state index in [0.29, 0.717) is 24.2 Å². The second-order valence-corrected chi connectivity index (χ2v) is 6.50. The lowest BCUT2D eigenvalue weighted by molar-refractivity contribution is -0.141. The van der Waals surface area contributed by atoms with E-state index in [0.717, 1.165) is 12.0 Å². The third-order valence-corrected chi connectivity index (χ3v) is 4.37. The van der Waals surface area contributed by atoms with Crippen molar-refractivity contribution < 1.29 is 18.4 Å². The second kappa shape index (κ2) is 7.64. The monoisotopic (exact) mass is 358 g/mol. The average molecular weight is 358 g/mol. The molecule has 2 aromatic carbocycles. The lowest BCUT2D eigenvalue weighted by Gasteiger charge is -2.20. The number of nitrogens with one attached hydrogen (secondary N) is 1. The molecule has 2 aromatic rings.